The molecular weight excluding hydrogens is 310 g/mol. The second-order valence-electron chi connectivity index (χ2n) is 2.32. The third-order valence-electron chi connectivity index (χ3n) is 1.56. The minimum absolute atomic E-state index is 0.191. The molecule has 62 valence electrons. The van der Waals surface area contributed by atoms with Gasteiger partial charge < -0.3 is 0 Å². The zero-order valence-electron chi connectivity index (χ0n) is 5.77. The van der Waals surface area contributed by atoms with Crippen molar-refractivity contribution in [2.45, 2.75) is 0 Å². The second kappa shape index (κ2) is 3.12. The Labute approximate surface area is 91.5 Å². The highest BCUT2D eigenvalue weighted by Gasteiger charge is 2.07. The van der Waals surface area contributed by atoms with Crippen molar-refractivity contribution >= 4 is 55.6 Å². The third kappa shape index (κ3) is 1.34. The highest BCUT2D eigenvalue weighted by molar-refractivity contribution is 14.1. The van der Waals surface area contributed by atoms with E-state index in [4.69, 9.17) is 11.6 Å². The molecule has 1 aromatic carbocycles. The maximum Gasteiger partial charge on any atom is 0.150 e. The van der Waals surface area contributed by atoms with Gasteiger partial charge in [-0.2, -0.15) is 0 Å². The van der Waals surface area contributed by atoms with E-state index in [1.807, 2.05) is 12.1 Å². The monoisotopic (exact) mass is 312 g/mol. The fraction of sp³-hybridized carbons (Fsp3) is 0. The van der Waals surface area contributed by atoms with Crippen LogP contribution in [0.4, 0.5) is 4.39 Å². The van der Waals surface area contributed by atoms with Gasteiger partial charge in [0.25, 0.3) is 0 Å². The molecule has 1 aromatic heterocycles. The molecule has 0 saturated heterocycles. The van der Waals surface area contributed by atoms with Crippen molar-refractivity contribution in [2.24, 2.45) is 0 Å². The van der Waals surface area contributed by atoms with E-state index in [0.717, 1.165) is 7.58 Å². The van der Waals surface area contributed by atoms with Gasteiger partial charge in [-0.05, 0) is 40.8 Å². The van der Waals surface area contributed by atoms with Gasteiger partial charge in [-0.1, -0.05) is 11.6 Å². The van der Waals surface area contributed by atoms with Gasteiger partial charge in [0.05, 0.1) is 7.91 Å². The van der Waals surface area contributed by atoms with E-state index in [0.29, 0.717) is 5.39 Å². The summed E-state index contributed by atoms with van der Waals surface area (Å²) < 4.78 is 15.3. The molecule has 0 spiro atoms. The molecule has 12 heavy (non-hydrogen) atoms. The Hall–Kier alpha value is 0.130. The second-order valence-corrected chi connectivity index (χ2v) is 5.71. The van der Waals surface area contributed by atoms with Crippen molar-refractivity contribution in [1.29, 1.82) is 0 Å². The maximum atomic E-state index is 13.3. The summed E-state index contributed by atoms with van der Waals surface area (Å²) in [5, 5.41) is 0.814. The summed E-state index contributed by atoms with van der Waals surface area (Å²) in [6.07, 6.45) is 0. The van der Waals surface area contributed by atoms with Gasteiger partial charge in [0, 0.05) is 10.1 Å². The van der Waals surface area contributed by atoms with Gasteiger partial charge in [0.1, 0.15) is 5.82 Å². The van der Waals surface area contributed by atoms with Gasteiger partial charge in [-0.25, -0.2) is 4.39 Å². The zero-order chi connectivity index (χ0) is 8.72. The van der Waals surface area contributed by atoms with E-state index in [1.165, 1.54) is 0 Å². The number of fused-ring (bicyclic) bond motifs is 1. The predicted octanol–water partition coefficient (Wildman–Crippen LogP) is 4.30. The maximum absolute atomic E-state index is 13.3. The molecule has 1 heterocycles. The lowest BCUT2D eigenvalue weighted by atomic mass is 10.2. The van der Waals surface area contributed by atoms with Crippen LogP contribution in [0.2, 0.25) is 5.02 Å². The van der Waals surface area contributed by atoms with Crippen molar-refractivity contribution in [2.75, 3.05) is 0 Å². The molecule has 0 aliphatic rings. The molecule has 0 amide bonds. The number of benzene rings is 1. The van der Waals surface area contributed by atoms with Gasteiger partial charge >= 0.3 is 0 Å². The summed E-state index contributed by atoms with van der Waals surface area (Å²) in [5.74, 6) is -0.312. The third-order valence-corrected chi connectivity index (χ3v) is 3.71. The van der Waals surface area contributed by atoms with Gasteiger partial charge in [0.15, 0.2) is 0 Å². The molecule has 2 aromatic rings. The highest BCUT2D eigenvalue weighted by atomic mass is 127. The Kier molecular flexibility index (Phi) is 2.27. The van der Waals surface area contributed by atoms with Crippen molar-refractivity contribution in [3.8, 4) is 0 Å². The molecular formula is C8H3ClFIS. The Morgan fingerprint density at radius 2 is 2.17 bits per heavy atom. The Bertz CT molecular complexity index is 438. The van der Waals surface area contributed by atoms with Crippen LogP contribution in [0.25, 0.3) is 10.1 Å². The summed E-state index contributed by atoms with van der Waals surface area (Å²) in [4.78, 5) is 0. The normalized spacial score (nSPS) is 10.9. The van der Waals surface area contributed by atoms with Crippen molar-refractivity contribution in [3.63, 3.8) is 0 Å². The molecule has 0 fully saturated rings. The summed E-state index contributed by atoms with van der Waals surface area (Å²) in [6.45, 7) is 0. The van der Waals surface area contributed by atoms with Crippen molar-refractivity contribution in [1.82, 2.24) is 0 Å². The Morgan fingerprint density at radius 1 is 1.42 bits per heavy atom. The summed E-state index contributed by atoms with van der Waals surface area (Å²) in [5.41, 5.74) is 0. The first-order valence-corrected chi connectivity index (χ1v) is 5.49. The smallest absolute Gasteiger partial charge is 0.150 e. The van der Waals surface area contributed by atoms with E-state index in [2.05, 4.69) is 22.6 Å². The quantitative estimate of drug-likeness (QED) is 0.636. The Balaban J connectivity index is 2.89. The van der Waals surface area contributed by atoms with E-state index in [-0.39, 0.29) is 10.8 Å². The molecule has 0 atom stereocenters. The number of hydrogen-bond acceptors (Lipinski definition) is 1. The van der Waals surface area contributed by atoms with Crippen molar-refractivity contribution in [3.05, 3.63) is 31.9 Å². The van der Waals surface area contributed by atoms with Crippen LogP contribution >= 0.6 is 45.5 Å². The van der Waals surface area contributed by atoms with Crippen LogP contribution in [0.15, 0.2) is 18.2 Å². The molecule has 0 nitrogen and oxygen atoms in total. The average Bonchev–Trinajstić information content (AvgIpc) is 2.39. The standard InChI is InChI=1S/C8H3ClFIS/c9-5-1-2-6-4(8(5)10)3-7(11)12-6/h1-3H. The molecule has 4 heteroatoms. The Morgan fingerprint density at radius 3 is 2.92 bits per heavy atom. The van der Waals surface area contributed by atoms with E-state index in [1.54, 1.807) is 17.4 Å². The molecule has 0 saturated carbocycles. The molecule has 0 radical (unpaired) electrons. The first-order chi connectivity index (χ1) is 5.68. The van der Waals surface area contributed by atoms with Gasteiger partial charge in [0.2, 0.25) is 0 Å². The largest absolute Gasteiger partial charge is 0.205 e. The molecule has 0 bridgehead atoms. The molecule has 2 rings (SSSR count). The first kappa shape index (κ1) is 8.72. The summed E-state index contributed by atoms with van der Waals surface area (Å²) in [6, 6.07) is 5.24. The lowest BCUT2D eigenvalue weighted by Gasteiger charge is -1.93. The van der Waals surface area contributed by atoms with Crippen LogP contribution in [0, 0.1) is 8.70 Å². The van der Waals surface area contributed by atoms with E-state index < -0.39 is 0 Å². The lowest BCUT2D eigenvalue weighted by Crippen LogP contribution is -1.75. The minimum atomic E-state index is -0.312. The number of halogens is 3. The minimum Gasteiger partial charge on any atom is -0.205 e. The highest BCUT2D eigenvalue weighted by Crippen LogP contribution is 2.31. The zero-order valence-corrected chi connectivity index (χ0v) is 9.50. The summed E-state index contributed by atoms with van der Waals surface area (Å²) >= 11 is 9.36. The molecule has 0 aliphatic carbocycles. The van der Waals surface area contributed by atoms with Gasteiger partial charge in [-0.3, -0.25) is 0 Å². The predicted molar refractivity (Wildman–Crippen MR) is 59.5 cm³/mol. The first-order valence-electron chi connectivity index (χ1n) is 3.21. The average molecular weight is 313 g/mol. The molecule has 0 aliphatic heterocycles. The molecule has 0 unspecified atom stereocenters. The van der Waals surface area contributed by atoms with E-state index in [9.17, 15) is 4.39 Å². The number of rotatable bonds is 0. The van der Waals surface area contributed by atoms with E-state index >= 15 is 0 Å². The van der Waals surface area contributed by atoms with Gasteiger partial charge in [-0.15, -0.1) is 11.3 Å². The number of hydrogen-bond donors (Lipinski definition) is 0. The van der Waals surface area contributed by atoms with Crippen LogP contribution in [0.3, 0.4) is 0 Å². The van der Waals surface area contributed by atoms with Crippen molar-refractivity contribution < 1.29 is 4.39 Å². The fourth-order valence-electron chi connectivity index (χ4n) is 1.02. The van der Waals surface area contributed by atoms with Crippen LogP contribution in [0.1, 0.15) is 0 Å². The topological polar surface area (TPSA) is 0 Å². The van der Waals surface area contributed by atoms with Crippen LogP contribution in [-0.2, 0) is 0 Å². The number of thiophene rings is 1. The van der Waals surface area contributed by atoms with Crippen LogP contribution in [0.5, 0.6) is 0 Å². The SMILES string of the molecule is Fc1c(Cl)ccc2sc(I)cc12. The van der Waals surface area contributed by atoms with Crippen LogP contribution in [-0.4, -0.2) is 0 Å². The summed E-state index contributed by atoms with van der Waals surface area (Å²) in [7, 11) is 0. The molecule has 0 N–H and O–H groups in total. The fourth-order valence-corrected chi connectivity index (χ4v) is 2.99. The van der Waals surface area contributed by atoms with Crippen LogP contribution < -0.4 is 0 Å². The lowest BCUT2D eigenvalue weighted by molar-refractivity contribution is 0.640.